The zero-order chi connectivity index (χ0) is 14.4. The van der Waals surface area contributed by atoms with Gasteiger partial charge in [-0.2, -0.15) is 0 Å². The van der Waals surface area contributed by atoms with E-state index in [4.69, 9.17) is 4.74 Å². The summed E-state index contributed by atoms with van der Waals surface area (Å²) in [6.45, 7) is 9.50. The Balaban J connectivity index is 2.05. The summed E-state index contributed by atoms with van der Waals surface area (Å²) in [7, 11) is 1.78. The van der Waals surface area contributed by atoms with Crippen LogP contribution in [0.3, 0.4) is 0 Å². The van der Waals surface area contributed by atoms with Gasteiger partial charge in [-0.25, -0.2) is 0 Å². The molecule has 1 unspecified atom stereocenters. The highest BCUT2D eigenvalue weighted by Gasteiger charge is 2.14. The van der Waals surface area contributed by atoms with Crippen LogP contribution in [0.1, 0.15) is 37.0 Å². The van der Waals surface area contributed by atoms with Crippen molar-refractivity contribution >= 4 is 0 Å². The minimum absolute atomic E-state index is 0.597. The molecule has 3 nitrogen and oxygen atoms in total. The summed E-state index contributed by atoms with van der Waals surface area (Å²) in [5, 5.41) is 3.46. The van der Waals surface area contributed by atoms with E-state index in [0.29, 0.717) is 6.04 Å². The first-order chi connectivity index (χ1) is 9.74. The third kappa shape index (κ3) is 4.05. The SMILES string of the molecule is CCC(C)N(CCOC)Cc1ccc2c(c1)CNCC2. The number of hydrogen-bond acceptors (Lipinski definition) is 3. The molecule has 0 saturated carbocycles. The van der Waals surface area contributed by atoms with Crippen LogP contribution in [-0.2, 0) is 24.2 Å². The third-order valence-corrected chi connectivity index (χ3v) is 4.34. The Bertz CT molecular complexity index is 419. The van der Waals surface area contributed by atoms with Crippen LogP contribution >= 0.6 is 0 Å². The second-order valence-corrected chi connectivity index (χ2v) is 5.75. The normalized spacial score (nSPS) is 16.2. The Labute approximate surface area is 123 Å². The molecule has 1 heterocycles. The second-order valence-electron chi connectivity index (χ2n) is 5.75. The molecule has 3 heteroatoms. The van der Waals surface area contributed by atoms with Crippen molar-refractivity contribution in [2.45, 2.75) is 45.8 Å². The van der Waals surface area contributed by atoms with E-state index in [1.807, 2.05) is 0 Å². The van der Waals surface area contributed by atoms with Gasteiger partial charge in [0.25, 0.3) is 0 Å². The molecule has 2 rings (SSSR count). The third-order valence-electron chi connectivity index (χ3n) is 4.34. The van der Waals surface area contributed by atoms with E-state index in [2.05, 4.69) is 42.3 Å². The smallest absolute Gasteiger partial charge is 0.0589 e. The van der Waals surface area contributed by atoms with Gasteiger partial charge in [0, 0.05) is 32.8 Å². The van der Waals surface area contributed by atoms with Gasteiger partial charge in [0.15, 0.2) is 0 Å². The van der Waals surface area contributed by atoms with Gasteiger partial charge in [-0.1, -0.05) is 25.1 Å². The summed E-state index contributed by atoms with van der Waals surface area (Å²) in [5.41, 5.74) is 4.41. The Hall–Kier alpha value is -0.900. The van der Waals surface area contributed by atoms with E-state index in [1.54, 1.807) is 7.11 Å². The summed E-state index contributed by atoms with van der Waals surface area (Å²) in [4.78, 5) is 2.52. The first-order valence-corrected chi connectivity index (χ1v) is 7.79. The highest BCUT2D eigenvalue weighted by molar-refractivity contribution is 5.33. The van der Waals surface area contributed by atoms with Crippen molar-refractivity contribution in [3.63, 3.8) is 0 Å². The zero-order valence-corrected chi connectivity index (χ0v) is 13.1. The fourth-order valence-electron chi connectivity index (χ4n) is 2.79. The highest BCUT2D eigenvalue weighted by Crippen LogP contribution is 2.18. The molecule has 0 radical (unpaired) electrons. The first-order valence-electron chi connectivity index (χ1n) is 7.79. The fraction of sp³-hybridized carbons (Fsp3) is 0.647. The van der Waals surface area contributed by atoms with Gasteiger partial charge in [0.1, 0.15) is 0 Å². The molecule has 0 aromatic heterocycles. The molecule has 1 aliphatic heterocycles. The second kappa shape index (κ2) is 7.77. The summed E-state index contributed by atoms with van der Waals surface area (Å²) >= 11 is 0. The van der Waals surface area contributed by atoms with Gasteiger partial charge >= 0.3 is 0 Å². The number of benzene rings is 1. The van der Waals surface area contributed by atoms with Crippen molar-refractivity contribution < 1.29 is 4.74 Å². The van der Waals surface area contributed by atoms with E-state index < -0.39 is 0 Å². The highest BCUT2D eigenvalue weighted by atomic mass is 16.5. The maximum Gasteiger partial charge on any atom is 0.0589 e. The van der Waals surface area contributed by atoms with Crippen LogP contribution in [0, 0.1) is 0 Å². The largest absolute Gasteiger partial charge is 0.383 e. The Morgan fingerprint density at radius 2 is 2.20 bits per heavy atom. The molecule has 1 aliphatic rings. The Morgan fingerprint density at radius 1 is 1.35 bits per heavy atom. The number of nitrogens with zero attached hydrogens (tertiary/aromatic N) is 1. The zero-order valence-electron chi connectivity index (χ0n) is 13.1. The number of methoxy groups -OCH3 is 1. The number of fused-ring (bicyclic) bond motifs is 1. The van der Waals surface area contributed by atoms with Crippen molar-refractivity contribution in [2.24, 2.45) is 0 Å². The number of ether oxygens (including phenoxy) is 1. The minimum Gasteiger partial charge on any atom is -0.383 e. The molecular weight excluding hydrogens is 248 g/mol. The predicted octanol–water partition coefficient (Wildman–Crippen LogP) is 2.58. The first kappa shape index (κ1) is 15.5. The summed E-state index contributed by atoms with van der Waals surface area (Å²) in [6.07, 6.45) is 2.34. The molecule has 112 valence electrons. The van der Waals surface area contributed by atoms with Crippen molar-refractivity contribution in [1.82, 2.24) is 10.2 Å². The van der Waals surface area contributed by atoms with E-state index in [9.17, 15) is 0 Å². The molecule has 1 aromatic rings. The minimum atomic E-state index is 0.597. The van der Waals surface area contributed by atoms with Gasteiger partial charge < -0.3 is 10.1 Å². The number of rotatable bonds is 7. The van der Waals surface area contributed by atoms with Gasteiger partial charge in [-0.15, -0.1) is 0 Å². The van der Waals surface area contributed by atoms with Crippen molar-refractivity contribution in [1.29, 1.82) is 0 Å². The maximum absolute atomic E-state index is 5.24. The average molecular weight is 276 g/mol. The van der Waals surface area contributed by atoms with Crippen LogP contribution in [0.4, 0.5) is 0 Å². The molecule has 1 atom stereocenters. The Kier molecular flexibility index (Phi) is 6.02. The van der Waals surface area contributed by atoms with Crippen molar-refractivity contribution in [3.8, 4) is 0 Å². The topological polar surface area (TPSA) is 24.5 Å². The summed E-state index contributed by atoms with van der Waals surface area (Å²) in [6, 6.07) is 7.59. The summed E-state index contributed by atoms with van der Waals surface area (Å²) < 4.78 is 5.24. The van der Waals surface area contributed by atoms with Gasteiger partial charge in [-0.05, 0) is 43.0 Å². The monoisotopic (exact) mass is 276 g/mol. The lowest BCUT2D eigenvalue weighted by molar-refractivity contribution is 0.118. The number of nitrogens with one attached hydrogen (secondary N) is 1. The van der Waals surface area contributed by atoms with Crippen LogP contribution in [0.5, 0.6) is 0 Å². The van der Waals surface area contributed by atoms with Crippen LogP contribution < -0.4 is 5.32 Å². The van der Waals surface area contributed by atoms with E-state index in [0.717, 1.165) is 39.2 Å². The number of hydrogen-bond donors (Lipinski definition) is 1. The molecule has 0 fully saturated rings. The standard InChI is InChI=1S/C17H28N2O/c1-4-14(2)19(9-10-20-3)13-15-5-6-16-7-8-18-12-17(16)11-15/h5-6,11,14,18H,4,7-10,12-13H2,1-3H3. The maximum atomic E-state index is 5.24. The predicted molar refractivity (Wildman–Crippen MR) is 83.9 cm³/mol. The molecular formula is C17H28N2O. The summed E-state index contributed by atoms with van der Waals surface area (Å²) in [5.74, 6) is 0. The van der Waals surface area contributed by atoms with Gasteiger partial charge in [0.2, 0.25) is 0 Å². The average Bonchev–Trinajstić information content (AvgIpc) is 2.50. The molecule has 0 bridgehead atoms. The van der Waals surface area contributed by atoms with E-state index in [-0.39, 0.29) is 0 Å². The van der Waals surface area contributed by atoms with Crippen LogP contribution in [-0.4, -0.2) is 37.7 Å². The molecule has 1 aromatic carbocycles. The van der Waals surface area contributed by atoms with Crippen molar-refractivity contribution in [2.75, 3.05) is 26.8 Å². The lowest BCUT2D eigenvalue weighted by Gasteiger charge is -2.29. The van der Waals surface area contributed by atoms with Gasteiger partial charge in [0.05, 0.1) is 6.61 Å². The Morgan fingerprint density at radius 3 is 2.95 bits per heavy atom. The lowest BCUT2D eigenvalue weighted by atomic mass is 9.98. The molecule has 20 heavy (non-hydrogen) atoms. The van der Waals surface area contributed by atoms with Gasteiger partial charge in [-0.3, -0.25) is 4.90 Å². The van der Waals surface area contributed by atoms with E-state index in [1.165, 1.54) is 23.1 Å². The molecule has 0 aliphatic carbocycles. The van der Waals surface area contributed by atoms with Crippen LogP contribution in [0.25, 0.3) is 0 Å². The molecule has 0 saturated heterocycles. The van der Waals surface area contributed by atoms with Crippen LogP contribution in [0.15, 0.2) is 18.2 Å². The van der Waals surface area contributed by atoms with Crippen molar-refractivity contribution in [3.05, 3.63) is 34.9 Å². The molecule has 1 N–H and O–H groups in total. The lowest BCUT2D eigenvalue weighted by Crippen LogP contribution is -2.35. The van der Waals surface area contributed by atoms with Crippen LogP contribution in [0.2, 0.25) is 0 Å². The molecule has 0 spiro atoms. The fourth-order valence-corrected chi connectivity index (χ4v) is 2.79. The molecule has 0 amide bonds. The quantitative estimate of drug-likeness (QED) is 0.828. The van der Waals surface area contributed by atoms with E-state index >= 15 is 0 Å².